The highest BCUT2D eigenvalue weighted by Crippen LogP contribution is 2.27. The van der Waals surface area contributed by atoms with E-state index in [9.17, 15) is 18.0 Å². The standard InChI is InChI=1S/C26H33Cl2N3O4S/c1-4-23(26(33)29-21-10-6-7-11-21)30(16-19-9-5-8-12-22(19)28)25(32)17-31(36(3,34)35)24-15-20(27)14-13-18(24)2/h5,8-9,12-15,21,23H,4,6-7,10-11,16-17H2,1-3H3,(H,29,33)/t23-/m0/s1. The Morgan fingerprint density at radius 2 is 1.78 bits per heavy atom. The molecule has 0 aliphatic heterocycles. The first-order chi connectivity index (χ1) is 17.0. The summed E-state index contributed by atoms with van der Waals surface area (Å²) in [7, 11) is -3.84. The lowest BCUT2D eigenvalue weighted by molar-refractivity contribution is -0.140. The van der Waals surface area contributed by atoms with Crippen LogP contribution < -0.4 is 9.62 Å². The molecule has 196 valence electrons. The first-order valence-electron chi connectivity index (χ1n) is 12.1. The molecule has 0 bridgehead atoms. The number of carbonyl (C=O) groups is 2. The number of nitrogens with one attached hydrogen (secondary N) is 1. The van der Waals surface area contributed by atoms with Crippen molar-refractivity contribution in [3.8, 4) is 0 Å². The SMILES string of the molecule is CC[C@@H](C(=O)NC1CCCC1)N(Cc1ccccc1Cl)C(=O)CN(c1cc(Cl)ccc1C)S(C)(=O)=O. The van der Waals surface area contributed by atoms with Crippen molar-refractivity contribution in [1.29, 1.82) is 0 Å². The third kappa shape index (κ3) is 7.14. The molecule has 36 heavy (non-hydrogen) atoms. The van der Waals surface area contributed by atoms with Crippen LogP contribution in [-0.4, -0.2) is 50.0 Å². The number of halogens is 2. The summed E-state index contributed by atoms with van der Waals surface area (Å²) in [5, 5.41) is 3.90. The zero-order chi connectivity index (χ0) is 26.5. The van der Waals surface area contributed by atoms with Crippen LogP contribution in [0.5, 0.6) is 0 Å². The van der Waals surface area contributed by atoms with Crippen molar-refractivity contribution >= 4 is 50.7 Å². The highest BCUT2D eigenvalue weighted by molar-refractivity contribution is 7.92. The maximum atomic E-state index is 13.8. The minimum Gasteiger partial charge on any atom is -0.352 e. The highest BCUT2D eigenvalue weighted by Gasteiger charge is 2.33. The zero-order valence-corrected chi connectivity index (χ0v) is 23.2. The van der Waals surface area contributed by atoms with Crippen LogP contribution >= 0.6 is 23.2 Å². The van der Waals surface area contributed by atoms with Gasteiger partial charge in [0.05, 0.1) is 11.9 Å². The van der Waals surface area contributed by atoms with Crippen LogP contribution in [-0.2, 0) is 26.2 Å². The van der Waals surface area contributed by atoms with E-state index >= 15 is 0 Å². The van der Waals surface area contributed by atoms with Gasteiger partial charge >= 0.3 is 0 Å². The van der Waals surface area contributed by atoms with Gasteiger partial charge in [0.25, 0.3) is 0 Å². The van der Waals surface area contributed by atoms with E-state index in [0.29, 0.717) is 33.3 Å². The van der Waals surface area contributed by atoms with Gasteiger partial charge in [0.2, 0.25) is 21.8 Å². The molecule has 1 fully saturated rings. The first kappa shape index (κ1) is 28.3. The summed E-state index contributed by atoms with van der Waals surface area (Å²) >= 11 is 12.5. The number of rotatable bonds is 10. The molecule has 10 heteroatoms. The second kappa shape index (κ2) is 12.3. The molecule has 0 saturated heterocycles. The Balaban J connectivity index is 1.96. The second-order valence-electron chi connectivity index (χ2n) is 9.23. The van der Waals surface area contributed by atoms with Crippen LogP contribution in [0, 0.1) is 6.92 Å². The molecule has 1 aliphatic carbocycles. The number of benzene rings is 2. The molecule has 0 heterocycles. The fourth-order valence-electron chi connectivity index (χ4n) is 4.54. The molecule has 2 aromatic carbocycles. The monoisotopic (exact) mass is 553 g/mol. The van der Waals surface area contributed by atoms with Crippen molar-refractivity contribution in [3.05, 3.63) is 63.6 Å². The Hall–Kier alpha value is -2.29. The van der Waals surface area contributed by atoms with Gasteiger partial charge in [-0.2, -0.15) is 0 Å². The lowest BCUT2D eigenvalue weighted by atomic mass is 10.1. The number of aryl methyl sites for hydroxylation is 1. The van der Waals surface area contributed by atoms with Crippen LogP contribution in [0.25, 0.3) is 0 Å². The molecule has 0 aromatic heterocycles. The Bertz CT molecular complexity index is 1200. The van der Waals surface area contributed by atoms with E-state index < -0.39 is 28.5 Å². The zero-order valence-electron chi connectivity index (χ0n) is 20.8. The molecule has 0 unspecified atom stereocenters. The summed E-state index contributed by atoms with van der Waals surface area (Å²) in [4.78, 5) is 28.5. The fourth-order valence-corrected chi connectivity index (χ4v) is 5.80. The lowest BCUT2D eigenvalue weighted by Crippen LogP contribution is -2.53. The Kier molecular flexibility index (Phi) is 9.66. The topological polar surface area (TPSA) is 86.8 Å². The number of amides is 2. The van der Waals surface area contributed by atoms with Gasteiger partial charge in [-0.05, 0) is 55.5 Å². The van der Waals surface area contributed by atoms with E-state index in [0.717, 1.165) is 36.2 Å². The fraction of sp³-hybridized carbons (Fsp3) is 0.462. The molecule has 3 rings (SSSR count). The lowest BCUT2D eigenvalue weighted by Gasteiger charge is -2.34. The molecule has 7 nitrogen and oxygen atoms in total. The molecule has 0 spiro atoms. The van der Waals surface area contributed by atoms with Crippen LogP contribution in [0.2, 0.25) is 10.0 Å². The van der Waals surface area contributed by atoms with Crippen molar-refractivity contribution in [2.45, 2.75) is 64.6 Å². The van der Waals surface area contributed by atoms with E-state index in [4.69, 9.17) is 23.2 Å². The summed E-state index contributed by atoms with van der Waals surface area (Å²) in [6, 6.07) is 11.3. The number of hydrogen-bond donors (Lipinski definition) is 1. The Labute approximate surface area is 223 Å². The van der Waals surface area contributed by atoms with E-state index in [1.807, 2.05) is 13.0 Å². The van der Waals surface area contributed by atoms with Crippen LogP contribution in [0.15, 0.2) is 42.5 Å². The third-order valence-electron chi connectivity index (χ3n) is 6.51. The number of carbonyl (C=O) groups excluding carboxylic acids is 2. The van der Waals surface area contributed by atoms with E-state index in [1.165, 1.54) is 11.0 Å². The predicted octanol–water partition coefficient (Wildman–Crippen LogP) is 4.93. The number of nitrogens with zero attached hydrogens (tertiary/aromatic N) is 2. The van der Waals surface area contributed by atoms with Crippen LogP contribution in [0.1, 0.15) is 50.2 Å². The molecular weight excluding hydrogens is 521 g/mol. The minimum atomic E-state index is -3.84. The van der Waals surface area contributed by atoms with Gasteiger partial charge in [-0.3, -0.25) is 13.9 Å². The Morgan fingerprint density at radius 1 is 1.11 bits per heavy atom. The van der Waals surface area contributed by atoms with Gasteiger partial charge < -0.3 is 10.2 Å². The van der Waals surface area contributed by atoms with Gasteiger partial charge in [-0.1, -0.05) is 67.2 Å². The molecule has 1 saturated carbocycles. The summed E-state index contributed by atoms with van der Waals surface area (Å²) in [6.45, 7) is 3.18. The maximum Gasteiger partial charge on any atom is 0.244 e. The smallest absolute Gasteiger partial charge is 0.244 e. The van der Waals surface area contributed by atoms with E-state index in [1.54, 1.807) is 37.3 Å². The Morgan fingerprint density at radius 3 is 2.39 bits per heavy atom. The summed E-state index contributed by atoms with van der Waals surface area (Å²) in [5.41, 5.74) is 1.64. The normalized spacial score (nSPS) is 14.9. The van der Waals surface area contributed by atoms with Crippen molar-refractivity contribution in [2.75, 3.05) is 17.1 Å². The number of sulfonamides is 1. The highest BCUT2D eigenvalue weighted by atomic mass is 35.5. The first-order valence-corrected chi connectivity index (χ1v) is 14.7. The average molecular weight is 555 g/mol. The molecular formula is C26H33Cl2N3O4S. The quantitative estimate of drug-likeness (QED) is 0.451. The summed E-state index contributed by atoms with van der Waals surface area (Å²) in [5.74, 6) is -0.747. The van der Waals surface area contributed by atoms with E-state index in [2.05, 4.69) is 5.32 Å². The summed E-state index contributed by atoms with van der Waals surface area (Å²) in [6.07, 6.45) is 5.36. The third-order valence-corrected chi connectivity index (χ3v) is 8.24. The van der Waals surface area contributed by atoms with Crippen LogP contribution in [0.3, 0.4) is 0 Å². The van der Waals surface area contributed by atoms with Crippen molar-refractivity contribution in [2.24, 2.45) is 0 Å². The van der Waals surface area contributed by atoms with Crippen molar-refractivity contribution in [3.63, 3.8) is 0 Å². The van der Waals surface area contributed by atoms with Crippen molar-refractivity contribution < 1.29 is 18.0 Å². The summed E-state index contributed by atoms with van der Waals surface area (Å²) < 4.78 is 26.6. The van der Waals surface area contributed by atoms with Gasteiger partial charge in [-0.25, -0.2) is 8.42 Å². The minimum absolute atomic E-state index is 0.0707. The maximum absolute atomic E-state index is 13.8. The molecule has 1 atom stereocenters. The molecule has 2 aromatic rings. The second-order valence-corrected chi connectivity index (χ2v) is 12.0. The van der Waals surface area contributed by atoms with Crippen molar-refractivity contribution in [1.82, 2.24) is 10.2 Å². The van der Waals surface area contributed by atoms with Gasteiger partial charge in [0.1, 0.15) is 12.6 Å². The predicted molar refractivity (Wildman–Crippen MR) is 145 cm³/mol. The molecule has 1 N–H and O–H groups in total. The average Bonchev–Trinajstić information content (AvgIpc) is 3.32. The largest absolute Gasteiger partial charge is 0.352 e. The van der Waals surface area contributed by atoms with Gasteiger partial charge in [-0.15, -0.1) is 0 Å². The molecule has 0 radical (unpaired) electrons. The number of hydrogen-bond acceptors (Lipinski definition) is 4. The van der Waals surface area contributed by atoms with E-state index in [-0.39, 0.29) is 18.5 Å². The molecule has 2 amide bonds. The van der Waals surface area contributed by atoms with Gasteiger partial charge in [0.15, 0.2) is 0 Å². The van der Waals surface area contributed by atoms with Gasteiger partial charge in [0, 0.05) is 22.6 Å². The van der Waals surface area contributed by atoms with Crippen LogP contribution in [0.4, 0.5) is 5.69 Å². The molecule has 1 aliphatic rings. The number of anilines is 1.